The number of nitrogens with zero attached hydrogens (tertiary/aromatic N) is 2. The Morgan fingerprint density at radius 1 is 1.43 bits per heavy atom. The average molecular weight is 291 g/mol. The molecule has 2 aromatic heterocycles. The highest BCUT2D eigenvalue weighted by molar-refractivity contribution is 5.92. The van der Waals surface area contributed by atoms with Gasteiger partial charge in [0, 0.05) is 19.3 Å². The van der Waals surface area contributed by atoms with E-state index in [-0.39, 0.29) is 5.69 Å². The van der Waals surface area contributed by atoms with Gasteiger partial charge >= 0.3 is 5.97 Å². The number of ether oxygens (including phenoxy) is 1. The molecule has 6 heteroatoms. The Bertz CT molecular complexity index is 607. The summed E-state index contributed by atoms with van der Waals surface area (Å²) in [5.41, 5.74) is 0.755. The summed E-state index contributed by atoms with van der Waals surface area (Å²) in [5.74, 6) is -0.00639. The van der Waals surface area contributed by atoms with E-state index < -0.39 is 5.97 Å². The molecule has 0 spiro atoms. The summed E-state index contributed by atoms with van der Waals surface area (Å²) in [7, 11) is 0. The maximum atomic E-state index is 11.4. The number of carbonyl (C=O) groups is 1. The van der Waals surface area contributed by atoms with Crippen LogP contribution >= 0.6 is 0 Å². The highest BCUT2D eigenvalue weighted by atomic mass is 16.5. The molecule has 0 unspecified atom stereocenters. The van der Waals surface area contributed by atoms with Crippen molar-refractivity contribution in [2.45, 2.75) is 20.3 Å². The minimum atomic E-state index is -1.00. The molecule has 2 heterocycles. The quantitative estimate of drug-likeness (QED) is 0.731. The third-order valence-electron chi connectivity index (χ3n) is 3.11. The zero-order valence-corrected chi connectivity index (χ0v) is 12.4. The lowest BCUT2D eigenvalue weighted by Crippen LogP contribution is -2.13. The number of anilines is 1. The van der Waals surface area contributed by atoms with Crippen LogP contribution in [-0.2, 0) is 4.74 Å². The fourth-order valence-electron chi connectivity index (χ4n) is 1.99. The predicted molar refractivity (Wildman–Crippen MR) is 80.9 cm³/mol. The molecule has 0 amide bonds. The standard InChI is InChI=1S/C15H21N3O3/c1-11(2)6-9-21-10-7-16-14-13(15(19)20)18-8-4-3-5-12(18)17-14/h3-5,8,11,16H,6-7,9-10H2,1-2H3,(H,19,20). The Hall–Kier alpha value is -2.08. The average Bonchev–Trinajstić information content (AvgIpc) is 2.80. The van der Waals surface area contributed by atoms with Gasteiger partial charge in [0.05, 0.1) is 6.61 Å². The molecule has 2 rings (SSSR count). The van der Waals surface area contributed by atoms with Crippen molar-refractivity contribution in [1.29, 1.82) is 0 Å². The van der Waals surface area contributed by atoms with Crippen molar-refractivity contribution in [3.63, 3.8) is 0 Å². The number of rotatable bonds is 8. The van der Waals surface area contributed by atoms with E-state index in [1.165, 1.54) is 0 Å². The molecule has 2 aromatic rings. The van der Waals surface area contributed by atoms with Crippen LogP contribution in [0.2, 0.25) is 0 Å². The lowest BCUT2D eigenvalue weighted by molar-refractivity contribution is 0.0690. The summed E-state index contributed by atoms with van der Waals surface area (Å²) in [6, 6.07) is 5.38. The van der Waals surface area contributed by atoms with Crippen LogP contribution in [0.25, 0.3) is 5.65 Å². The first-order valence-electron chi connectivity index (χ1n) is 7.11. The van der Waals surface area contributed by atoms with E-state index in [0.717, 1.165) is 13.0 Å². The molecule has 0 saturated heterocycles. The molecule has 6 nitrogen and oxygen atoms in total. The van der Waals surface area contributed by atoms with E-state index in [2.05, 4.69) is 24.1 Å². The van der Waals surface area contributed by atoms with E-state index in [1.54, 1.807) is 22.7 Å². The molecule has 114 valence electrons. The van der Waals surface area contributed by atoms with Gasteiger partial charge in [0.25, 0.3) is 0 Å². The highest BCUT2D eigenvalue weighted by Crippen LogP contribution is 2.17. The van der Waals surface area contributed by atoms with Crippen molar-refractivity contribution in [2.75, 3.05) is 25.1 Å². The van der Waals surface area contributed by atoms with E-state index in [4.69, 9.17) is 4.74 Å². The van der Waals surface area contributed by atoms with Crippen LogP contribution in [0.1, 0.15) is 30.8 Å². The van der Waals surface area contributed by atoms with E-state index in [1.807, 2.05) is 6.07 Å². The summed E-state index contributed by atoms with van der Waals surface area (Å²) in [4.78, 5) is 15.7. The maximum Gasteiger partial charge on any atom is 0.356 e. The number of hydrogen-bond acceptors (Lipinski definition) is 4. The number of carboxylic acid groups (broad SMARTS) is 1. The Morgan fingerprint density at radius 3 is 2.95 bits per heavy atom. The molecular weight excluding hydrogens is 270 g/mol. The zero-order valence-electron chi connectivity index (χ0n) is 12.4. The second-order valence-electron chi connectivity index (χ2n) is 5.26. The molecule has 2 N–H and O–H groups in total. The number of carboxylic acids is 1. The number of aromatic carboxylic acids is 1. The largest absolute Gasteiger partial charge is 0.476 e. The van der Waals surface area contributed by atoms with Crippen LogP contribution in [0.15, 0.2) is 24.4 Å². The molecule has 0 aliphatic rings. The van der Waals surface area contributed by atoms with Crippen LogP contribution in [0.5, 0.6) is 0 Å². The molecule has 0 radical (unpaired) electrons. The van der Waals surface area contributed by atoms with Crippen molar-refractivity contribution < 1.29 is 14.6 Å². The SMILES string of the molecule is CC(C)CCOCCNc1nc2ccccn2c1C(=O)O. The number of imidazole rings is 1. The first-order chi connectivity index (χ1) is 10.1. The molecule has 0 aliphatic carbocycles. The number of hydrogen-bond donors (Lipinski definition) is 2. The lowest BCUT2D eigenvalue weighted by atomic mass is 10.1. The molecular formula is C15H21N3O3. The van der Waals surface area contributed by atoms with Gasteiger partial charge in [-0.1, -0.05) is 19.9 Å². The smallest absolute Gasteiger partial charge is 0.356 e. The molecule has 0 fully saturated rings. The fraction of sp³-hybridized carbons (Fsp3) is 0.467. The van der Waals surface area contributed by atoms with E-state index >= 15 is 0 Å². The summed E-state index contributed by atoms with van der Waals surface area (Å²) in [5, 5.41) is 12.4. The van der Waals surface area contributed by atoms with Crippen molar-refractivity contribution in [3.05, 3.63) is 30.1 Å². The number of pyridine rings is 1. The predicted octanol–water partition coefficient (Wildman–Crippen LogP) is 2.51. The van der Waals surface area contributed by atoms with Gasteiger partial charge in [0.15, 0.2) is 11.5 Å². The zero-order chi connectivity index (χ0) is 15.2. The minimum Gasteiger partial charge on any atom is -0.476 e. The first-order valence-corrected chi connectivity index (χ1v) is 7.11. The Balaban J connectivity index is 1.95. The first kappa shape index (κ1) is 15.3. The summed E-state index contributed by atoms with van der Waals surface area (Å²) >= 11 is 0. The van der Waals surface area contributed by atoms with E-state index in [0.29, 0.717) is 30.5 Å². The molecule has 0 aromatic carbocycles. The van der Waals surface area contributed by atoms with Crippen molar-refractivity contribution in [2.24, 2.45) is 5.92 Å². The van der Waals surface area contributed by atoms with Gasteiger partial charge in [-0.05, 0) is 24.5 Å². The topological polar surface area (TPSA) is 75.9 Å². The van der Waals surface area contributed by atoms with Crippen molar-refractivity contribution in [1.82, 2.24) is 9.38 Å². The molecule has 0 aliphatic heterocycles. The molecule has 0 bridgehead atoms. The van der Waals surface area contributed by atoms with Crippen LogP contribution in [-0.4, -0.2) is 40.2 Å². The monoisotopic (exact) mass is 291 g/mol. The summed E-state index contributed by atoms with van der Waals surface area (Å²) < 4.78 is 7.06. The van der Waals surface area contributed by atoms with Crippen LogP contribution in [0.4, 0.5) is 5.82 Å². The third kappa shape index (κ3) is 3.95. The van der Waals surface area contributed by atoms with Gasteiger partial charge in [-0.15, -0.1) is 0 Å². The molecule has 0 atom stereocenters. The molecule has 0 saturated carbocycles. The van der Waals surface area contributed by atoms with Crippen LogP contribution in [0.3, 0.4) is 0 Å². The van der Waals surface area contributed by atoms with E-state index in [9.17, 15) is 9.90 Å². The Kier molecular flexibility index (Phi) is 5.16. The van der Waals surface area contributed by atoms with Gasteiger partial charge in [-0.2, -0.15) is 0 Å². The maximum absolute atomic E-state index is 11.4. The normalized spacial score (nSPS) is 11.2. The number of aromatic nitrogens is 2. The second kappa shape index (κ2) is 7.08. The highest BCUT2D eigenvalue weighted by Gasteiger charge is 2.17. The van der Waals surface area contributed by atoms with Gasteiger partial charge < -0.3 is 15.2 Å². The van der Waals surface area contributed by atoms with Crippen LogP contribution in [0, 0.1) is 5.92 Å². The van der Waals surface area contributed by atoms with Gasteiger partial charge in [-0.3, -0.25) is 4.40 Å². The summed E-state index contributed by atoms with van der Waals surface area (Å²) in [6.07, 6.45) is 2.71. The third-order valence-corrected chi connectivity index (χ3v) is 3.11. The Morgan fingerprint density at radius 2 is 2.24 bits per heavy atom. The van der Waals surface area contributed by atoms with Gasteiger partial charge in [0.1, 0.15) is 5.65 Å². The number of nitrogens with one attached hydrogen (secondary N) is 1. The lowest BCUT2D eigenvalue weighted by Gasteiger charge is -2.07. The van der Waals surface area contributed by atoms with Crippen molar-refractivity contribution >= 4 is 17.4 Å². The fourth-order valence-corrected chi connectivity index (χ4v) is 1.99. The number of fused-ring (bicyclic) bond motifs is 1. The van der Waals surface area contributed by atoms with Crippen molar-refractivity contribution in [3.8, 4) is 0 Å². The van der Waals surface area contributed by atoms with Crippen LogP contribution < -0.4 is 5.32 Å². The summed E-state index contributed by atoms with van der Waals surface area (Å²) in [6.45, 7) is 6.08. The Labute approximate surface area is 123 Å². The molecule has 21 heavy (non-hydrogen) atoms. The second-order valence-corrected chi connectivity index (χ2v) is 5.26. The minimum absolute atomic E-state index is 0.146. The van der Waals surface area contributed by atoms with Gasteiger partial charge in [0.2, 0.25) is 0 Å². The van der Waals surface area contributed by atoms with Gasteiger partial charge in [-0.25, -0.2) is 9.78 Å².